The standard InChI is InChI=1S/C37H38FNSi/c1-36(2,3)31-22-25(21-24-11-9-10-12-27(24)31)35-33-30(19-20-39-35)29-18-17-28(34(38)32(29)37(33,4)5)23-13-15-26(16-14-23)40(6,7)8/h9-22H,1-8H3. The van der Waals surface area contributed by atoms with Crippen LogP contribution in [0.15, 0.2) is 85.1 Å². The summed E-state index contributed by atoms with van der Waals surface area (Å²) in [5, 5.41) is 3.85. The van der Waals surface area contributed by atoms with Crippen LogP contribution in [0.1, 0.15) is 51.3 Å². The van der Waals surface area contributed by atoms with Crippen molar-refractivity contribution in [3.63, 3.8) is 0 Å². The summed E-state index contributed by atoms with van der Waals surface area (Å²) < 4.78 is 16.6. The second kappa shape index (κ2) is 8.97. The average molecular weight is 544 g/mol. The van der Waals surface area contributed by atoms with Crippen LogP contribution in [0.5, 0.6) is 0 Å². The third kappa shape index (κ3) is 4.14. The summed E-state index contributed by atoms with van der Waals surface area (Å²) in [6, 6.07) is 27.8. The van der Waals surface area contributed by atoms with Gasteiger partial charge in [0.25, 0.3) is 0 Å². The van der Waals surface area contributed by atoms with Crippen LogP contribution in [0, 0.1) is 5.82 Å². The zero-order valence-electron chi connectivity index (χ0n) is 24.9. The molecular weight excluding hydrogens is 505 g/mol. The van der Waals surface area contributed by atoms with Crippen LogP contribution in [0.25, 0.3) is 44.3 Å². The fraction of sp³-hybridized carbons (Fsp3) is 0.270. The molecule has 0 atom stereocenters. The molecule has 0 radical (unpaired) electrons. The molecule has 0 amide bonds. The minimum Gasteiger partial charge on any atom is -0.256 e. The summed E-state index contributed by atoms with van der Waals surface area (Å²) in [5.74, 6) is -0.126. The number of hydrogen-bond donors (Lipinski definition) is 0. The highest BCUT2D eigenvalue weighted by Crippen LogP contribution is 2.54. The highest BCUT2D eigenvalue weighted by atomic mass is 28.3. The fourth-order valence-electron chi connectivity index (χ4n) is 6.51. The zero-order chi connectivity index (χ0) is 28.6. The number of rotatable bonds is 3. The molecule has 0 fully saturated rings. The summed E-state index contributed by atoms with van der Waals surface area (Å²) in [7, 11) is -1.43. The molecule has 6 rings (SSSR count). The SMILES string of the molecule is CC(C)(C)c1cc(-c2nccc3c2C(C)(C)c2c-3ccc(-c3ccc([Si](C)(C)C)cc3)c2F)cc2ccccc12. The van der Waals surface area contributed by atoms with Gasteiger partial charge >= 0.3 is 0 Å². The molecule has 0 bridgehead atoms. The lowest BCUT2D eigenvalue weighted by molar-refractivity contribution is 0.561. The first-order valence-electron chi connectivity index (χ1n) is 14.3. The van der Waals surface area contributed by atoms with Gasteiger partial charge in [0.1, 0.15) is 5.82 Å². The maximum atomic E-state index is 16.6. The largest absolute Gasteiger partial charge is 0.256 e. The van der Waals surface area contributed by atoms with Crippen molar-refractivity contribution in [3.8, 4) is 33.5 Å². The van der Waals surface area contributed by atoms with Crippen molar-refractivity contribution in [3.05, 3.63) is 108 Å². The van der Waals surface area contributed by atoms with Crippen molar-refractivity contribution in [2.24, 2.45) is 0 Å². The Morgan fingerprint density at radius 1 is 0.725 bits per heavy atom. The highest BCUT2D eigenvalue weighted by molar-refractivity contribution is 6.88. The van der Waals surface area contributed by atoms with Crippen LogP contribution in [0.4, 0.5) is 4.39 Å². The topological polar surface area (TPSA) is 12.9 Å². The minimum atomic E-state index is -1.43. The minimum absolute atomic E-state index is 0.0297. The Hall–Kier alpha value is -3.56. The number of pyridine rings is 1. The molecule has 1 aliphatic carbocycles. The van der Waals surface area contributed by atoms with E-state index in [0.29, 0.717) is 5.56 Å². The van der Waals surface area contributed by atoms with Crippen LogP contribution >= 0.6 is 0 Å². The van der Waals surface area contributed by atoms with Gasteiger partial charge in [-0.2, -0.15) is 0 Å². The van der Waals surface area contributed by atoms with Gasteiger partial charge in [0.05, 0.1) is 13.8 Å². The molecule has 3 heteroatoms. The third-order valence-electron chi connectivity index (χ3n) is 8.64. The van der Waals surface area contributed by atoms with Crippen LogP contribution in [0.2, 0.25) is 19.6 Å². The molecule has 1 aliphatic rings. The Bertz CT molecular complexity index is 1780. The van der Waals surface area contributed by atoms with Gasteiger partial charge in [-0.05, 0) is 62.2 Å². The van der Waals surface area contributed by atoms with Crippen LogP contribution in [-0.2, 0) is 10.8 Å². The van der Waals surface area contributed by atoms with Crippen molar-refractivity contribution >= 4 is 24.0 Å². The first kappa shape index (κ1) is 26.6. The molecule has 1 heterocycles. The Labute approximate surface area is 239 Å². The number of aromatic nitrogens is 1. The van der Waals surface area contributed by atoms with Gasteiger partial charge in [-0.1, -0.05) is 120 Å². The van der Waals surface area contributed by atoms with E-state index in [1.54, 1.807) is 0 Å². The van der Waals surface area contributed by atoms with E-state index in [4.69, 9.17) is 4.98 Å². The molecule has 202 valence electrons. The Morgan fingerprint density at radius 2 is 1.38 bits per heavy atom. The van der Waals surface area contributed by atoms with E-state index in [0.717, 1.165) is 39.1 Å². The molecule has 0 aliphatic heterocycles. The van der Waals surface area contributed by atoms with E-state index in [1.807, 2.05) is 12.3 Å². The maximum absolute atomic E-state index is 16.6. The van der Waals surface area contributed by atoms with Gasteiger partial charge in [-0.25, -0.2) is 4.39 Å². The number of halogens is 1. The van der Waals surface area contributed by atoms with E-state index in [-0.39, 0.29) is 11.2 Å². The monoisotopic (exact) mass is 543 g/mol. The lowest BCUT2D eigenvalue weighted by Gasteiger charge is -2.26. The molecule has 4 aromatic carbocycles. The van der Waals surface area contributed by atoms with Crippen LogP contribution < -0.4 is 5.19 Å². The molecule has 40 heavy (non-hydrogen) atoms. The second-order valence-electron chi connectivity index (χ2n) is 13.9. The molecule has 5 aromatic rings. The predicted molar refractivity (Wildman–Crippen MR) is 172 cm³/mol. The van der Waals surface area contributed by atoms with Gasteiger partial charge in [-0.3, -0.25) is 4.98 Å². The Morgan fingerprint density at radius 3 is 2.05 bits per heavy atom. The average Bonchev–Trinajstić information content (AvgIpc) is 3.14. The normalized spacial score (nSPS) is 14.3. The summed E-state index contributed by atoms with van der Waals surface area (Å²) in [6.07, 6.45) is 1.88. The van der Waals surface area contributed by atoms with Crippen molar-refractivity contribution in [2.45, 2.75) is 65.1 Å². The van der Waals surface area contributed by atoms with Crippen molar-refractivity contribution in [1.29, 1.82) is 0 Å². The van der Waals surface area contributed by atoms with Crippen LogP contribution in [0.3, 0.4) is 0 Å². The highest BCUT2D eigenvalue weighted by Gasteiger charge is 2.41. The lowest BCUT2D eigenvalue weighted by atomic mass is 9.78. The molecule has 0 saturated heterocycles. The van der Waals surface area contributed by atoms with Gasteiger partial charge in [0.2, 0.25) is 0 Å². The van der Waals surface area contributed by atoms with Gasteiger partial charge in [0, 0.05) is 28.3 Å². The van der Waals surface area contributed by atoms with Crippen molar-refractivity contribution in [1.82, 2.24) is 4.98 Å². The quantitative estimate of drug-likeness (QED) is 0.206. The van der Waals surface area contributed by atoms with Crippen molar-refractivity contribution in [2.75, 3.05) is 0 Å². The lowest BCUT2D eigenvalue weighted by Crippen LogP contribution is -2.37. The van der Waals surface area contributed by atoms with E-state index < -0.39 is 13.5 Å². The molecule has 1 aromatic heterocycles. The summed E-state index contributed by atoms with van der Waals surface area (Å²) in [6.45, 7) is 18.1. The number of fused-ring (bicyclic) bond motifs is 4. The summed E-state index contributed by atoms with van der Waals surface area (Å²) in [4.78, 5) is 4.95. The predicted octanol–water partition coefficient (Wildman–Crippen LogP) is 9.86. The summed E-state index contributed by atoms with van der Waals surface area (Å²) in [5.41, 5.74) is 8.26. The molecule has 0 N–H and O–H groups in total. The van der Waals surface area contributed by atoms with E-state index in [1.165, 1.54) is 21.5 Å². The van der Waals surface area contributed by atoms with E-state index >= 15 is 4.39 Å². The third-order valence-corrected chi connectivity index (χ3v) is 10.7. The molecule has 0 spiro atoms. The van der Waals surface area contributed by atoms with Crippen molar-refractivity contribution < 1.29 is 4.39 Å². The van der Waals surface area contributed by atoms with Gasteiger partial charge in [0.15, 0.2) is 0 Å². The Kier molecular flexibility index (Phi) is 5.98. The number of hydrogen-bond acceptors (Lipinski definition) is 1. The Balaban J connectivity index is 1.53. The van der Waals surface area contributed by atoms with E-state index in [2.05, 4.69) is 127 Å². The second-order valence-corrected chi connectivity index (χ2v) is 19.0. The molecule has 0 saturated carbocycles. The molecule has 0 unspecified atom stereocenters. The number of benzene rings is 4. The van der Waals surface area contributed by atoms with Gasteiger partial charge in [-0.15, -0.1) is 0 Å². The smallest absolute Gasteiger partial charge is 0.135 e. The van der Waals surface area contributed by atoms with E-state index in [9.17, 15) is 0 Å². The maximum Gasteiger partial charge on any atom is 0.135 e. The zero-order valence-corrected chi connectivity index (χ0v) is 25.9. The number of nitrogens with zero attached hydrogens (tertiary/aromatic N) is 1. The van der Waals surface area contributed by atoms with Gasteiger partial charge < -0.3 is 0 Å². The first-order valence-corrected chi connectivity index (χ1v) is 17.8. The molecule has 1 nitrogen and oxygen atoms in total. The summed E-state index contributed by atoms with van der Waals surface area (Å²) >= 11 is 0. The first-order chi connectivity index (χ1) is 18.8. The molecular formula is C37H38FNSi. The fourth-order valence-corrected chi connectivity index (χ4v) is 7.68. The van der Waals surface area contributed by atoms with Crippen LogP contribution in [-0.4, -0.2) is 13.1 Å².